The van der Waals surface area contributed by atoms with Gasteiger partial charge in [-0.05, 0) is 49.3 Å². The Kier molecular flexibility index (Phi) is 5.53. The van der Waals surface area contributed by atoms with E-state index in [1.807, 2.05) is 17.0 Å². The van der Waals surface area contributed by atoms with E-state index in [9.17, 15) is 9.18 Å². The molecule has 0 bridgehead atoms. The number of hydrogen-bond donors (Lipinski definition) is 1. The van der Waals surface area contributed by atoms with Crippen LogP contribution in [0.2, 0.25) is 0 Å². The van der Waals surface area contributed by atoms with Gasteiger partial charge in [0, 0.05) is 19.5 Å². The Labute approximate surface area is 119 Å². The Hall–Kier alpha value is -1.42. The molecule has 1 amide bonds. The lowest BCUT2D eigenvalue weighted by Crippen LogP contribution is -2.40. The van der Waals surface area contributed by atoms with E-state index >= 15 is 0 Å². The summed E-state index contributed by atoms with van der Waals surface area (Å²) in [6.45, 7) is 1.53. The predicted molar refractivity (Wildman–Crippen MR) is 75.7 cm³/mol. The van der Waals surface area contributed by atoms with Crippen molar-refractivity contribution >= 4 is 5.91 Å². The summed E-state index contributed by atoms with van der Waals surface area (Å²) in [6, 6.07) is 6.64. The van der Waals surface area contributed by atoms with Gasteiger partial charge in [0.05, 0.1) is 6.61 Å². The molecule has 1 aliphatic heterocycles. The predicted octanol–water partition coefficient (Wildman–Crippen LogP) is 2.38. The molecule has 20 heavy (non-hydrogen) atoms. The molecule has 1 heterocycles. The highest BCUT2D eigenvalue weighted by Crippen LogP contribution is 2.22. The van der Waals surface area contributed by atoms with E-state index in [2.05, 4.69) is 0 Å². The monoisotopic (exact) mass is 279 g/mol. The molecule has 0 aromatic heterocycles. The molecule has 110 valence electrons. The topological polar surface area (TPSA) is 40.5 Å². The van der Waals surface area contributed by atoms with Crippen molar-refractivity contribution in [2.45, 2.75) is 32.1 Å². The summed E-state index contributed by atoms with van der Waals surface area (Å²) in [5.41, 5.74) is 1.14. The van der Waals surface area contributed by atoms with Crippen LogP contribution in [0.3, 0.4) is 0 Å². The third-order valence-corrected chi connectivity index (χ3v) is 3.95. The average molecular weight is 279 g/mol. The Balaban J connectivity index is 1.80. The van der Waals surface area contributed by atoms with Crippen LogP contribution in [-0.4, -0.2) is 35.6 Å². The number of piperidine rings is 1. The van der Waals surface area contributed by atoms with Crippen LogP contribution in [0.1, 0.15) is 31.2 Å². The molecular formula is C16H22FNO2. The maximum atomic E-state index is 12.8. The van der Waals surface area contributed by atoms with Gasteiger partial charge in [-0.1, -0.05) is 12.1 Å². The summed E-state index contributed by atoms with van der Waals surface area (Å²) < 4.78 is 12.8. The first-order valence-electron chi connectivity index (χ1n) is 7.32. The molecule has 1 aliphatic rings. The first-order valence-corrected chi connectivity index (χ1v) is 7.32. The number of aryl methyl sites for hydroxylation is 1. The summed E-state index contributed by atoms with van der Waals surface area (Å²) >= 11 is 0. The second-order valence-corrected chi connectivity index (χ2v) is 5.49. The van der Waals surface area contributed by atoms with Gasteiger partial charge in [-0.15, -0.1) is 0 Å². The van der Waals surface area contributed by atoms with Crippen molar-refractivity contribution in [1.82, 2.24) is 4.90 Å². The van der Waals surface area contributed by atoms with E-state index in [4.69, 9.17) is 5.11 Å². The second-order valence-electron chi connectivity index (χ2n) is 5.49. The maximum Gasteiger partial charge on any atom is 0.224 e. The lowest BCUT2D eigenvalue weighted by atomic mass is 9.91. The van der Waals surface area contributed by atoms with Crippen LogP contribution in [0.5, 0.6) is 0 Å². The largest absolute Gasteiger partial charge is 0.396 e. The number of amides is 1. The van der Waals surface area contributed by atoms with Crippen LogP contribution < -0.4 is 0 Å². The van der Waals surface area contributed by atoms with Gasteiger partial charge in [-0.25, -0.2) is 4.39 Å². The molecule has 1 N–H and O–H groups in total. The number of halogens is 1. The first-order chi connectivity index (χ1) is 9.69. The molecule has 1 atom stereocenters. The Morgan fingerprint density at radius 3 is 2.80 bits per heavy atom. The molecule has 2 rings (SSSR count). The molecule has 1 aromatic carbocycles. The van der Waals surface area contributed by atoms with Gasteiger partial charge in [-0.2, -0.15) is 0 Å². The summed E-state index contributed by atoms with van der Waals surface area (Å²) in [7, 11) is 0. The van der Waals surface area contributed by atoms with E-state index in [1.165, 1.54) is 12.1 Å². The fraction of sp³-hybridized carbons (Fsp3) is 0.562. The number of rotatable bonds is 5. The smallest absolute Gasteiger partial charge is 0.224 e. The van der Waals surface area contributed by atoms with E-state index in [0.717, 1.165) is 44.3 Å². The standard InChI is InChI=1S/C16H22FNO2/c17-15-7-5-13(6-8-15)3-4-14-2-1-10-18(12-14)16(20)9-11-19/h5-8,14,19H,1-4,9-12H2/t14-/m0/s1. The number of aliphatic hydroxyl groups is 1. The normalized spacial score (nSPS) is 19.1. The minimum Gasteiger partial charge on any atom is -0.396 e. The molecule has 1 aromatic rings. The molecule has 1 fully saturated rings. The van der Waals surface area contributed by atoms with Crippen LogP contribution in [0, 0.1) is 11.7 Å². The molecule has 0 unspecified atom stereocenters. The van der Waals surface area contributed by atoms with Gasteiger partial charge < -0.3 is 10.0 Å². The molecule has 0 spiro atoms. The number of nitrogens with zero attached hydrogens (tertiary/aromatic N) is 1. The molecule has 3 nitrogen and oxygen atoms in total. The lowest BCUT2D eigenvalue weighted by Gasteiger charge is -2.33. The van der Waals surface area contributed by atoms with Crippen molar-refractivity contribution in [2.24, 2.45) is 5.92 Å². The van der Waals surface area contributed by atoms with Gasteiger partial charge in [0.1, 0.15) is 5.82 Å². The van der Waals surface area contributed by atoms with Crippen molar-refractivity contribution in [1.29, 1.82) is 0 Å². The van der Waals surface area contributed by atoms with E-state index in [1.54, 1.807) is 0 Å². The molecule has 0 radical (unpaired) electrons. The van der Waals surface area contributed by atoms with Crippen molar-refractivity contribution in [2.75, 3.05) is 19.7 Å². The van der Waals surface area contributed by atoms with Crippen LogP contribution in [0.4, 0.5) is 4.39 Å². The third kappa shape index (κ3) is 4.30. The zero-order chi connectivity index (χ0) is 14.4. The lowest BCUT2D eigenvalue weighted by molar-refractivity contribution is -0.133. The van der Waals surface area contributed by atoms with Gasteiger partial charge >= 0.3 is 0 Å². The van der Waals surface area contributed by atoms with Crippen molar-refractivity contribution in [3.8, 4) is 0 Å². The van der Waals surface area contributed by atoms with Crippen LogP contribution in [0.15, 0.2) is 24.3 Å². The molecule has 0 aliphatic carbocycles. The number of likely N-dealkylation sites (tertiary alicyclic amines) is 1. The molecule has 4 heteroatoms. The highest BCUT2D eigenvalue weighted by Gasteiger charge is 2.22. The fourth-order valence-electron chi connectivity index (χ4n) is 2.80. The van der Waals surface area contributed by atoms with E-state index < -0.39 is 0 Å². The summed E-state index contributed by atoms with van der Waals surface area (Å²) in [4.78, 5) is 13.6. The fourth-order valence-corrected chi connectivity index (χ4v) is 2.80. The van der Waals surface area contributed by atoms with Crippen LogP contribution in [-0.2, 0) is 11.2 Å². The van der Waals surface area contributed by atoms with Gasteiger partial charge in [-0.3, -0.25) is 4.79 Å². The zero-order valence-corrected chi connectivity index (χ0v) is 11.7. The third-order valence-electron chi connectivity index (χ3n) is 3.95. The highest BCUT2D eigenvalue weighted by atomic mass is 19.1. The Morgan fingerprint density at radius 2 is 2.10 bits per heavy atom. The Bertz CT molecular complexity index is 433. The van der Waals surface area contributed by atoms with Gasteiger partial charge in [0.25, 0.3) is 0 Å². The van der Waals surface area contributed by atoms with Crippen molar-refractivity contribution < 1.29 is 14.3 Å². The number of hydrogen-bond acceptors (Lipinski definition) is 2. The zero-order valence-electron chi connectivity index (χ0n) is 11.7. The average Bonchev–Trinajstić information content (AvgIpc) is 2.47. The molecule has 1 saturated heterocycles. The highest BCUT2D eigenvalue weighted by molar-refractivity contribution is 5.76. The van der Waals surface area contributed by atoms with E-state index in [0.29, 0.717) is 5.92 Å². The quantitative estimate of drug-likeness (QED) is 0.899. The molecular weight excluding hydrogens is 257 g/mol. The van der Waals surface area contributed by atoms with Crippen molar-refractivity contribution in [3.05, 3.63) is 35.6 Å². The Morgan fingerprint density at radius 1 is 1.35 bits per heavy atom. The SMILES string of the molecule is O=C(CCO)N1CCC[C@@H](CCc2ccc(F)cc2)C1. The van der Waals surface area contributed by atoms with E-state index in [-0.39, 0.29) is 24.8 Å². The number of aliphatic hydroxyl groups excluding tert-OH is 1. The summed E-state index contributed by atoms with van der Waals surface area (Å²) in [5.74, 6) is 0.364. The summed E-state index contributed by atoms with van der Waals surface area (Å²) in [5, 5.41) is 8.83. The number of carbonyl (C=O) groups excluding carboxylic acids is 1. The second kappa shape index (κ2) is 7.39. The minimum absolute atomic E-state index is 0.0546. The minimum atomic E-state index is -0.202. The van der Waals surface area contributed by atoms with Crippen LogP contribution >= 0.6 is 0 Å². The number of carbonyl (C=O) groups is 1. The van der Waals surface area contributed by atoms with Gasteiger partial charge in [0.2, 0.25) is 5.91 Å². The van der Waals surface area contributed by atoms with Gasteiger partial charge in [0.15, 0.2) is 0 Å². The van der Waals surface area contributed by atoms with Crippen molar-refractivity contribution in [3.63, 3.8) is 0 Å². The first kappa shape index (κ1) is 15.0. The summed E-state index contributed by atoms with van der Waals surface area (Å²) in [6.07, 6.45) is 4.35. The van der Waals surface area contributed by atoms with Crippen LogP contribution in [0.25, 0.3) is 0 Å². The maximum absolute atomic E-state index is 12.8. The number of benzene rings is 1. The molecule has 0 saturated carbocycles.